The third-order valence-electron chi connectivity index (χ3n) is 5.27. The number of fused-ring (bicyclic) bond motifs is 1. The fourth-order valence-corrected chi connectivity index (χ4v) is 3.72. The van der Waals surface area contributed by atoms with E-state index in [-0.39, 0.29) is 0 Å². The topological polar surface area (TPSA) is 58.0 Å². The zero-order valence-electron chi connectivity index (χ0n) is 14.3. The van der Waals surface area contributed by atoms with E-state index >= 15 is 0 Å². The van der Waals surface area contributed by atoms with Crippen molar-refractivity contribution in [2.24, 2.45) is 0 Å². The maximum Gasteiger partial charge on any atom is 0.147 e. The number of anilines is 2. The molecule has 1 fully saturated rings. The minimum atomic E-state index is 0.582. The molecule has 1 saturated carbocycles. The summed E-state index contributed by atoms with van der Waals surface area (Å²) in [6.07, 6.45) is 14.2. The molecule has 2 aromatic heterocycles. The highest BCUT2D eigenvalue weighted by Crippen LogP contribution is 2.40. The van der Waals surface area contributed by atoms with Crippen molar-refractivity contribution in [1.29, 1.82) is 0 Å². The highest BCUT2D eigenvalue weighted by atomic mass is 15.2. The van der Waals surface area contributed by atoms with Crippen LogP contribution in [0.4, 0.5) is 11.6 Å². The molecular weight excluding hydrogens is 312 g/mol. The van der Waals surface area contributed by atoms with Crippen LogP contribution in [0.25, 0.3) is 0 Å². The number of rotatable bonds is 3. The second kappa shape index (κ2) is 6.10. The predicted molar refractivity (Wildman–Crippen MR) is 97.0 cm³/mol. The fourth-order valence-electron chi connectivity index (χ4n) is 3.72. The summed E-state index contributed by atoms with van der Waals surface area (Å²) in [5, 5.41) is 0. The number of aromatic nitrogens is 4. The van der Waals surface area contributed by atoms with Gasteiger partial charge in [0.25, 0.3) is 0 Å². The SMILES string of the molecule is C1=CCN(c2nc(C3CC3)nc3c2CCN(c2cnccn2)CC3)C1. The quantitative estimate of drug-likeness (QED) is 0.802. The first-order chi connectivity index (χ1) is 12.4. The third kappa shape index (κ3) is 2.86. The van der Waals surface area contributed by atoms with Gasteiger partial charge >= 0.3 is 0 Å². The lowest BCUT2D eigenvalue weighted by atomic mass is 10.1. The number of hydrogen-bond acceptors (Lipinski definition) is 6. The van der Waals surface area contributed by atoms with Crippen LogP contribution in [0.15, 0.2) is 30.7 Å². The lowest BCUT2D eigenvalue weighted by molar-refractivity contribution is 0.782. The lowest BCUT2D eigenvalue weighted by Gasteiger charge is -2.22. The molecule has 0 atom stereocenters. The van der Waals surface area contributed by atoms with Crippen LogP contribution in [0.1, 0.15) is 35.8 Å². The van der Waals surface area contributed by atoms with Gasteiger partial charge in [-0.25, -0.2) is 15.0 Å². The maximum absolute atomic E-state index is 5.00. The van der Waals surface area contributed by atoms with Crippen molar-refractivity contribution in [2.45, 2.75) is 31.6 Å². The summed E-state index contributed by atoms with van der Waals surface area (Å²) in [6.45, 7) is 3.79. The van der Waals surface area contributed by atoms with Crippen LogP contribution in [0.2, 0.25) is 0 Å². The second-order valence-corrected chi connectivity index (χ2v) is 7.03. The molecule has 0 unspecified atom stereocenters. The smallest absolute Gasteiger partial charge is 0.147 e. The molecule has 2 aliphatic heterocycles. The van der Waals surface area contributed by atoms with Gasteiger partial charge in [-0.15, -0.1) is 0 Å². The molecule has 0 radical (unpaired) electrons. The summed E-state index contributed by atoms with van der Waals surface area (Å²) in [4.78, 5) is 23.4. The Labute approximate surface area is 147 Å². The van der Waals surface area contributed by atoms with Gasteiger partial charge in [0, 0.05) is 56.5 Å². The predicted octanol–water partition coefficient (Wildman–Crippen LogP) is 2.13. The van der Waals surface area contributed by atoms with E-state index in [1.54, 1.807) is 12.4 Å². The lowest BCUT2D eigenvalue weighted by Crippen LogP contribution is -2.27. The fraction of sp³-hybridized carbons (Fsp3) is 0.474. The first-order valence-corrected chi connectivity index (χ1v) is 9.19. The highest BCUT2D eigenvalue weighted by Gasteiger charge is 2.31. The number of nitrogens with zero attached hydrogens (tertiary/aromatic N) is 6. The van der Waals surface area contributed by atoms with Gasteiger partial charge in [0.2, 0.25) is 0 Å². The first kappa shape index (κ1) is 14.8. The first-order valence-electron chi connectivity index (χ1n) is 9.19. The minimum Gasteiger partial charge on any atom is -0.355 e. The van der Waals surface area contributed by atoms with Gasteiger partial charge in [-0.1, -0.05) is 12.2 Å². The molecule has 128 valence electrons. The summed E-state index contributed by atoms with van der Waals surface area (Å²) < 4.78 is 0. The van der Waals surface area contributed by atoms with Crippen LogP contribution in [-0.2, 0) is 12.8 Å². The van der Waals surface area contributed by atoms with Crippen LogP contribution in [0.3, 0.4) is 0 Å². The van der Waals surface area contributed by atoms with Crippen LogP contribution in [0.5, 0.6) is 0 Å². The third-order valence-corrected chi connectivity index (χ3v) is 5.27. The molecule has 5 rings (SSSR count). The zero-order chi connectivity index (χ0) is 16.6. The molecule has 3 aliphatic rings. The Bertz CT molecular complexity index is 791. The molecule has 0 aromatic carbocycles. The molecule has 1 aliphatic carbocycles. The molecule has 0 N–H and O–H groups in total. The molecule has 6 nitrogen and oxygen atoms in total. The van der Waals surface area contributed by atoms with Crippen molar-refractivity contribution in [2.75, 3.05) is 36.0 Å². The van der Waals surface area contributed by atoms with Crippen molar-refractivity contribution >= 4 is 11.6 Å². The van der Waals surface area contributed by atoms with Crippen molar-refractivity contribution in [1.82, 2.24) is 19.9 Å². The van der Waals surface area contributed by atoms with Gasteiger partial charge in [0.1, 0.15) is 17.5 Å². The normalized spacial score (nSPS) is 19.8. The summed E-state index contributed by atoms with van der Waals surface area (Å²) in [5.74, 6) is 3.76. The molecule has 2 aromatic rings. The van der Waals surface area contributed by atoms with Gasteiger partial charge in [-0.05, 0) is 19.3 Å². The average Bonchev–Trinajstić information content (AvgIpc) is 3.41. The molecule has 0 spiro atoms. The molecule has 0 bridgehead atoms. The Morgan fingerprint density at radius 2 is 1.76 bits per heavy atom. The summed E-state index contributed by atoms with van der Waals surface area (Å²) >= 11 is 0. The Hall–Kier alpha value is -2.50. The van der Waals surface area contributed by atoms with Gasteiger partial charge < -0.3 is 9.80 Å². The molecule has 0 amide bonds. The van der Waals surface area contributed by atoms with E-state index in [9.17, 15) is 0 Å². The van der Waals surface area contributed by atoms with E-state index < -0.39 is 0 Å². The largest absolute Gasteiger partial charge is 0.355 e. The van der Waals surface area contributed by atoms with Crippen molar-refractivity contribution in [3.8, 4) is 0 Å². The Morgan fingerprint density at radius 3 is 2.52 bits per heavy atom. The average molecular weight is 334 g/mol. The van der Waals surface area contributed by atoms with E-state index in [1.807, 2.05) is 6.20 Å². The minimum absolute atomic E-state index is 0.582. The standard InChI is InChI=1S/C19H22N6/c1-2-10-25(9-1)19-15-5-11-24(17-13-20-7-8-21-17)12-6-16(15)22-18(23-19)14-3-4-14/h1-2,7-8,13-14H,3-6,9-12H2. The van der Waals surface area contributed by atoms with Crippen LogP contribution < -0.4 is 9.80 Å². The van der Waals surface area contributed by atoms with E-state index in [0.29, 0.717) is 5.92 Å². The summed E-state index contributed by atoms with van der Waals surface area (Å²) in [7, 11) is 0. The highest BCUT2D eigenvalue weighted by molar-refractivity contribution is 5.54. The monoisotopic (exact) mass is 334 g/mol. The summed E-state index contributed by atoms with van der Waals surface area (Å²) in [5.41, 5.74) is 2.57. The van der Waals surface area contributed by atoms with Crippen molar-refractivity contribution in [3.63, 3.8) is 0 Å². The summed E-state index contributed by atoms with van der Waals surface area (Å²) in [6, 6.07) is 0. The molecule has 25 heavy (non-hydrogen) atoms. The molecular formula is C19H22N6. The van der Waals surface area contributed by atoms with Crippen LogP contribution >= 0.6 is 0 Å². The van der Waals surface area contributed by atoms with Gasteiger partial charge in [-0.2, -0.15) is 0 Å². The van der Waals surface area contributed by atoms with Crippen molar-refractivity contribution < 1.29 is 0 Å². The van der Waals surface area contributed by atoms with Crippen LogP contribution in [-0.4, -0.2) is 46.1 Å². The maximum atomic E-state index is 5.00. The molecule has 6 heteroatoms. The van der Waals surface area contributed by atoms with Crippen molar-refractivity contribution in [3.05, 3.63) is 47.8 Å². The Morgan fingerprint density at radius 1 is 0.920 bits per heavy atom. The van der Waals surface area contributed by atoms with Gasteiger partial charge in [0.15, 0.2) is 0 Å². The second-order valence-electron chi connectivity index (χ2n) is 7.03. The van der Waals surface area contributed by atoms with E-state index in [4.69, 9.17) is 9.97 Å². The van der Waals surface area contributed by atoms with E-state index in [0.717, 1.165) is 56.5 Å². The molecule has 4 heterocycles. The molecule has 0 saturated heterocycles. The Kier molecular flexibility index (Phi) is 3.61. The van der Waals surface area contributed by atoms with Crippen LogP contribution in [0, 0.1) is 0 Å². The van der Waals surface area contributed by atoms with E-state index in [2.05, 4.69) is 31.9 Å². The number of hydrogen-bond donors (Lipinski definition) is 0. The van der Waals surface area contributed by atoms with E-state index in [1.165, 1.54) is 24.1 Å². The van der Waals surface area contributed by atoms with Gasteiger partial charge in [0.05, 0.1) is 11.9 Å². The zero-order valence-corrected chi connectivity index (χ0v) is 14.3. The Balaban J connectivity index is 1.49. The van der Waals surface area contributed by atoms with Gasteiger partial charge in [-0.3, -0.25) is 4.98 Å².